The van der Waals surface area contributed by atoms with E-state index in [2.05, 4.69) is 5.10 Å². The zero-order valence-corrected chi connectivity index (χ0v) is 12.4. The lowest BCUT2D eigenvalue weighted by Crippen LogP contribution is -2.07. The van der Waals surface area contributed by atoms with Gasteiger partial charge in [0.1, 0.15) is 6.61 Å². The number of hydrogen-bond donors (Lipinski definition) is 1. The molecule has 6 heteroatoms. The van der Waals surface area contributed by atoms with Gasteiger partial charge in [0.05, 0.1) is 16.4 Å². The van der Waals surface area contributed by atoms with Crippen molar-refractivity contribution in [2.45, 2.75) is 26.5 Å². The van der Waals surface area contributed by atoms with Crippen molar-refractivity contribution in [3.8, 4) is 5.75 Å². The Morgan fingerprint density at radius 1 is 1.50 bits per heavy atom. The van der Waals surface area contributed by atoms with E-state index in [1.54, 1.807) is 30.8 Å². The van der Waals surface area contributed by atoms with Gasteiger partial charge in [0.25, 0.3) is 0 Å². The first-order chi connectivity index (χ1) is 9.40. The first kappa shape index (κ1) is 14.8. The fourth-order valence-corrected chi connectivity index (χ4v) is 2.12. The molecule has 2 aromatic rings. The lowest BCUT2D eigenvalue weighted by atomic mass is 10.1. The van der Waals surface area contributed by atoms with Gasteiger partial charge in [-0.05, 0) is 31.5 Å². The van der Waals surface area contributed by atoms with Crippen LogP contribution in [0.15, 0.2) is 18.2 Å². The monoisotopic (exact) mass is 297 g/mol. The Morgan fingerprint density at radius 3 is 2.70 bits per heavy atom. The third kappa shape index (κ3) is 2.94. The molecule has 0 amide bonds. The number of aromatic nitrogens is 2. The second-order valence-electron chi connectivity index (χ2n) is 4.74. The molecule has 2 N–H and O–H groups in total. The second kappa shape index (κ2) is 5.81. The number of benzene rings is 1. The van der Waals surface area contributed by atoms with E-state index in [1.807, 2.05) is 6.92 Å². The standard InChI is InChI=1S/C14H17ClFN3O/c1-8(17)10-4-5-13(11(16)6-10)20-7-12-14(15)9(2)18-19(12)3/h4-6,8H,7,17H2,1-3H3/t8-/m1/s1. The molecule has 1 heterocycles. The minimum Gasteiger partial charge on any atom is -0.484 e. The van der Waals surface area contributed by atoms with Crippen LogP contribution in [-0.2, 0) is 13.7 Å². The van der Waals surface area contributed by atoms with Crippen molar-refractivity contribution in [1.29, 1.82) is 0 Å². The second-order valence-corrected chi connectivity index (χ2v) is 5.11. The van der Waals surface area contributed by atoms with Gasteiger partial charge in [-0.15, -0.1) is 0 Å². The fourth-order valence-electron chi connectivity index (χ4n) is 1.90. The zero-order chi connectivity index (χ0) is 14.9. The molecule has 0 saturated heterocycles. The highest BCUT2D eigenvalue weighted by Gasteiger charge is 2.13. The van der Waals surface area contributed by atoms with Crippen LogP contribution in [0.1, 0.15) is 29.9 Å². The quantitative estimate of drug-likeness (QED) is 0.943. The van der Waals surface area contributed by atoms with Crippen molar-refractivity contribution in [1.82, 2.24) is 9.78 Å². The Labute approximate surface area is 122 Å². The normalized spacial score (nSPS) is 12.5. The number of nitrogens with zero attached hydrogens (tertiary/aromatic N) is 2. The molecule has 20 heavy (non-hydrogen) atoms. The Kier molecular flexibility index (Phi) is 4.30. The molecule has 1 aromatic carbocycles. The van der Waals surface area contributed by atoms with Crippen molar-refractivity contribution in [3.63, 3.8) is 0 Å². The summed E-state index contributed by atoms with van der Waals surface area (Å²) in [6, 6.07) is 4.49. The van der Waals surface area contributed by atoms with Gasteiger partial charge in [0, 0.05) is 13.1 Å². The lowest BCUT2D eigenvalue weighted by molar-refractivity contribution is 0.280. The van der Waals surface area contributed by atoms with Crippen molar-refractivity contribution in [2.24, 2.45) is 12.8 Å². The van der Waals surface area contributed by atoms with Gasteiger partial charge in [0.15, 0.2) is 11.6 Å². The summed E-state index contributed by atoms with van der Waals surface area (Å²) in [6.45, 7) is 3.77. The zero-order valence-electron chi connectivity index (χ0n) is 11.7. The number of ether oxygens (including phenoxy) is 1. The summed E-state index contributed by atoms with van der Waals surface area (Å²) in [6.07, 6.45) is 0. The molecule has 0 bridgehead atoms. The predicted molar refractivity (Wildman–Crippen MR) is 76.3 cm³/mol. The Balaban J connectivity index is 2.15. The van der Waals surface area contributed by atoms with Crippen molar-refractivity contribution >= 4 is 11.6 Å². The van der Waals surface area contributed by atoms with Crippen molar-refractivity contribution in [3.05, 3.63) is 46.0 Å². The minimum absolute atomic E-state index is 0.157. The molecule has 0 aliphatic heterocycles. The Morgan fingerprint density at radius 2 is 2.20 bits per heavy atom. The molecule has 0 saturated carbocycles. The molecule has 1 atom stereocenters. The van der Waals surface area contributed by atoms with Crippen LogP contribution in [0.5, 0.6) is 5.75 Å². The number of hydrogen-bond acceptors (Lipinski definition) is 3. The molecule has 0 aliphatic rings. The van der Waals surface area contributed by atoms with E-state index in [0.29, 0.717) is 10.7 Å². The maximum absolute atomic E-state index is 13.9. The SMILES string of the molecule is Cc1nn(C)c(COc2ccc([C@@H](C)N)cc2F)c1Cl. The summed E-state index contributed by atoms with van der Waals surface area (Å²) in [5.41, 5.74) is 7.86. The molecular formula is C14H17ClFN3O. The fraction of sp³-hybridized carbons (Fsp3) is 0.357. The molecule has 108 valence electrons. The average Bonchev–Trinajstić information content (AvgIpc) is 2.62. The van der Waals surface area contributed by atoms with Gasteiger partial charge in [-0.1, -0.05) is 17.7 Å². The van der Waals surface area contributed by atoms with E-state index in [4.69, 9.17) is 22.1 Å². The highest BCUT2D eigenvalue weighted by Crippen LogP contribution is 2.24. The number of aryl methyl sites for hydroxylation is 2. The number of halogens is 2. The van der Waals surface area contributed by atoms with Gasteiger partial charge < -0.3 is 10.5 Å². The van der Waals surface area contributed by atoms with E-state index >= 15 is 0 Å². The number of nitrogens with two attached hydrogens (primary N) is 1. The van der Waals surface area contributed by atoms with Gasteiger partial charge in [-0.3, -0.25) is 4.68 Å². The largest absolute Gasteiger partial charge is 0.484 e. The van der Waals surface area contributed by atoms with Gasteiger partial charge >= 0.3 is 0 Å². The summed E-state index contributed by atoms with van der Waals surface area (Å²) < 4.78 is 21.0. The average molecular weight is 298 g/mol. The minimum atomic E-state index is -0.435. The Bertz CT molecular complexity index is 625. The van der Waals surface area contributed by atoms with E-state index in [0.717, 1.165) is 11.3 Å². The summed E-state index contributed by atoms with van der Waals surface area (Å²) in [7, 11) is 1.77. The molecule has 0 unspecified atom stereocenters. The van der Waals surface area contributed by atoms with Crippen LogP contribution in [0.25, 0.3) is 0 Å². The highest BCUT2D eigenvalue weighted by atomic mass is 35.5. The molecule has 2 rings (SSSR count). The smallest absolute Gasteiger partial charge is 0.165 e. The van der Waals surface area contributed by atoms with Crippen LogP contribution in [0.2, 0.25) is 5.02 Å². The molecule has 4 nitrogen and oxygen atoms in total. The molecule has 0 spiro atoms. The van der Waals surface area contributed by atoms with Gasteiger partial charge in [-0.2, -0.15) is 5.10 Å². The van der Waals surface area contributed by atoms with Crippen LogP contribution in [0, 0.1) is 12.7 Å². The first-order valence-corrected chi connectivity index (χ1v) is 6.63. The summed E-state index contributed by atoms with van der Waals surface area (Å²) >= 11 is 6.11. The molecule has 0 aliphatic carbocycles. The lowest BCUT2D eigenvalue weighted by Gasteiger charge is -2.10. The van der Waals surface area contributed by atoms with E-state index in [9.17, 15) is 4.39 Å². The molecule has 1 aromatic heterocycles. The first-order valence-electron chi connectivity index (χ1n) is 6.26. The maximum Gasteiger partial charge on any atom is 0.165 e. The van der Waals surface area contributed by atoms with Crippen LogP contribution in [0.4, 0.5) is 4.39 Å². The topological polar surface area (TPSA) is 53.1 Å². The van der Waals surface area contributed by atoms with Crippen LogP contribution < -0.4 is 10.5 Å². The molecular weight excluding hydrogens is 281 g/mol. The highest BCUT2D eigenvalue weighted by molar-refractivity contribution is 6.31. The van der Waals surface area contributed by atoms with Crippen molar-refractivity contribution in [2.75, 3.05) is 0 Å². The van der Waals surface area contributed by atoms with E-state index in [-0.39, 0.29) is 18.4 Å². The van der Waals surface area contributed by atoms with Crippen LogP contribution in [-0.4, -0.2) is 9.78 Å². The van der Waals surface area contributed by atoms with E-state index < -0.39 is 5.82 Å². The summed E-state index contributed by atoms with van der Waals surface area (Å²) in [5.74, 6) is -0.265. The number of rotatable bonds is 4. The maximum atomic E-state index is 13.9. The van der Waals surface area contributed by atoms with Gasteiger partial charge in [0.2, 0.25) is 0 Å². The van der Waals surface area contributed by atoms with Gasteiger partial charge in [-0.25, -0.2) is 4.39 Å². The van der Waals surface area contributed by atoms with Crippen LogP contribution >= 0.6 is 11.6 Å². The third-order valence-electron chi connectivity index (χ3n) is 3.11. The van der Waals surface area contributed by atoms with Crippen molar-refractivity contribution < 1.29 is 9.13 Å². The summed E-state index contributed by atoms with van der Waals surface area (Å²) in [5, 5.41) is 4.72. The summed E-state index contributed by atoms with van der Waals surface area (Å²) in [4.78, 5) is 0. The van der Waals surface area contributed by atoms with E-state index in [1.165, 1.54) is 6.07 Å². The molecule has 0 fully saturated rings. The van der Waals surface area contributed by atoms with Crippen LogP contribution in [0.3, 0.4) is 0 Å². The third-order valence-corrected chi connectivity index (χ3v) is 3.60. The Hall–Kier alpha value is -1.59. The predicted octanol–water partition coefficient (Wildman–Crippen LogP) is 3.12. The molecule has 0 radical (unpaired) electrons.